The number of carbonyl (C=O) groups is 1. The molecule has 20 heavy (non-hydrogen) atoms. The molecule has 1 saturated carbocycles. The van der Waals surface area contributed by atoms with Gasteiger partial charge in [-0.1, -0.05) is 18.8 Å². The number of benzene rings is 1. The maximum atomic E-state index is 12.4. The van der Waals surface area contributed by atoms with E-state index in [1.807, 2.05) is 37.1 Å². The summed E-state index contributed by atoms with van der Waals surface area (Å²) in [4.78, 5) is 14.2. The fourth-order valence-corrected chi connectivity index (χ4v) is 2.39. The number of hydrogen-bond acceptors (Lipinski definition) is 2. The zero-order valence-corrected chi connectivity index (χ0v) is 12.4. The van der Waals surface area contributed by atoms with Crippen molar-refractivity contribution >= 4 is 5.91 Å². The van der Waals surface area contributed by atoms with E-state index in [-0.39, 0.29) is 5.91 Å². The van der Waals surface area contributed by atoms with Crippen LogP contribution in [-0.2, 0) is 0 Å². The van der Waals surface area contributed by atoms with E-state index < -0.39 is 0 Å². The number of carbonyl (C=O) groups excluding carboxylic acids is 1. The molecule has 1 amide bonds. The number of nitrogens with two attached hydrogens (primary N) is 1. The Morgan fingerprint density at radius 2 is 2.20 bits per heavy atom. The average Bonchev–Trinajstić information content (AvgIpc) is 3.11. The number of hydrogen-bond donors (Lipinski definition) is 1. The molecule has 1 fully saturated rings. The lowest BCUT2D eigenvalue weighted by Gasteiger charge is -2.17. The van der Waals surface area contributed by atoms with Gasteiger partial charge in [-0.2, -0.15) is 0 Å². The third-order valence-electron chi connectivity index (χ3n) is 3.93. The van der Waals surface area contributed by atoms with E-state index in [2.05, 4.69) is 18.8 Å². The van der Waals surface area contributed by atoms with Gasteiger partial charge in [0.25, 0.3) is 5.91 Å². The van der Waals surface area contributed by atoms with Crippen molar-refractivity contribution in [2.24, 2.45) is 17.6 Å². The first-order valence-electron chi connectivity index (χ1n) is 7.08. The van der Waals surface area contributed by atoms with Crippen LogP contribution in [0.2, 0.25) is 0 Å². The number of rotatable bonds is 3. The molecule has 2 rings (SSSR count). The van der Waals surface area contributed by atoms with E-state index in [9.17, 15) is 4.79 Å². The van der Waals surface area contributed by atoms with Gasteiger partial charge in [0.2, 0.25) is 0 Å². The van der Waals surface area contributed by atoms with Crippen LogP contribution in [0.25, 0.3) is 0 Å². The largest absolute Gasteiger partial charge is 0.341 e. The summed E-state index contributed by atoms with van der Waals surface area (Å²) < 4.78 is 0. The molecule has 1 aliphatic rings. The summed E-state index contributed by atoms with van der Waals surface area (Å²) in [6.45, 7) is 5.41. The minimum Gasteiger partial charge on any atom is -0.341 e. The van der Waals surface area contributed by atoms with Gasteiger partial charge in [0.1, 0.15) is 0 Å². The van der Waals surface area contributed by atoms with Crippen molar-refractivity contribution < 1.29 is 4.79 Å². The second-order valence-electron chi connectivity index (χ2n) is 5.69. The molecule has 2 N–H and O–H groups in total. The molecular formula is C17H22N2O. The topological polar surface area (TPSA) is 46.3 Å². The molecule has 0 spiro atoms. The number of amides is 1. The van der Waals surface area contributed by atoms with Gasteiger partial charge in [-0.25, -0.2) is 0 Å². The first-order chi connectivity index (χ1) is 9.52. The highest BCUT2D eigenvalue weighted by Gasteiger charge is 2.34. The minimum absolute atomic E-state index is 0.0885. The van der Waals surface area contributed by atoms with Crippen LogP contribution in [-0.4, -0.2) is 30.9 Å². The van der Waals surface area contributed by atoms with E-state index in [4.69, 9.17) is 5.73 Å². The summed E-state index contributed by atoms with van der Waals surface area (Å²) in [6, 6.07) is 5.66. The van der Waals surface area contributed by atoms with Crippen LogP contribution in [0.1, 0.15) is 34.8 Å². The van der Waals surface area contributed by atoms with E-state index in [1.165, 1.54) is 6.42 Å². The highest BCUT2D eigenvalue weighted by atomic mass is 16.2. The molecule has 0 aromatic heterocycles. The van der Waals surface area contributed by atoms with E-state index in [0.717, 1.165) is 29.2 Å². The first-order valence-corrected chi connectivity index (χ1v) is 7.08. The normalized spacial score (nSPS) is 20.0. The Balaban J connectivity index is 2.08. The second-order valence-corrected chi connectivity index (χ2v) is 5.69. The fraction of sp³-hybridized carbons (Fsp3) is 0.471. The van der Waals surface area contributed by atoms with Gasteiger partial charge >= 0.3 is 0 Å². The van der Waals surface area contributed by atoms with Crippen molar-refractivity contribution in [3.8, 4) is 11.8 Å². The first kappa shape index (κ1) is 14.6. The Morgan fingerprint density at radius 3 is 2.75 bits per heavy atom. The van der Waals surface area contributed by atoms with Crippen LogP contribution in [0.15, 0.2) is 18.2 Å². The molecule has 1 aliphatic carbocycles. The van der Waals surface area contributed by atoms with E-state index in [1.54, 1.807) is 0 Å². The maximum Gasteiger partial charge on any atom is 0.253 e. The van der Waals surface area contributed by atoms with Gasteiger partial charge in [-0.05, 0) is 48.9 Å². The molecule has 0 heterocycles. The zero-order valence-electron chi connectivity index (χ0n) is 12.4. The lowest BCUT2D eigenvalue weighted by Crippen LogP contribution is -2.29. The summed E-state index contributed by atoms with van der Waals surface area (Å²) in [6.07, 6.45) is 1.24. The number of aryl methyl sites for hydroxylation is 1. The van der Waals surface area contributed by atoms with Crippen LogP contribution < -0.4 is 5.73 Å². The van der Waals surface area contributed by atoms with Gasteiger partial charge in [-0.3, -0.25) is 4.79 Å². The van der Waals surface area contributed by atoms with E-state index in [0.29, 0.717) is 12.5 Å². The molecular weight excluding hydrogens is 248 g/mol. The van der Waals surface area contributed by atoms with Crippen LogP contribution in [0.5, 0.6) is 0 Å². The van der Waals surface area contributed by atoms with Crippen LogP contribution in [0.4, 0.5) is 0 Å². The summed E-state index contributed by atoms with van der Waals surface area (Å²) in [5.41, 5.74) is 8.06. The van der Waals surface area contributed by atoms with Gasteiger partial charge in [0.15, 0.2) is 0 Å². The monoisotopic (exact) mass is 270 g/mol. The van der Waals surface area contributed by atoms with Crippen molar-refractivity contribution in [2.45, 2.75) is 20.3 Å². The summed E-state index contributed by atoms with van der Waals surface area (Å²) >= 11 is 0. The van der Waals surface area contributed by atoms with Gasteiger partial charge in [-0.15, -0.1) is 0 Å². The molecule has 0 bridgehead atoms. The highest BCUT2D eigenvalue weighted by Crippen LogP contribution is 2.38. The molecule has 106 valence electrons. The SMILES string of the molecule is Cc1cc(C(=O)N(C)CC2CC2C)ccc1C#CCN. The summed E-state index contributed by atoms with van der Waals surface area (Å²) in [5.74, 6) is 7.39. The average molecular weight is 270 g/mol. The second kappa shape index (κ2) is 6.11. The predicted molar refractivity (Wildman–Crippen MR) is 81.3 cm³/mol. The molecule has 3 nitrogen and oxygen atoms in total. The Bertz CT molecular complexity index is 568. The molecule has 3 heteroatoms. The third kappa shape index (κ3) is 3.40. The van der Waals surface area contributed by atoms with Crippen molar-refractivity contribution in [1.82, 2.24) is 4.90 Å². The van der Waals surface area contributed by atoms with Crippen molar-refractivity contribution in [2.75, 3.05) is 20.1 Å². The molecule has 0 saturated heterocycles. The Kier molecular flexibility index (Phi) is 4.46. The van der Waals surface area contributed by atoms with Crippen LogP contribution in [0.3, 0.4) is 0 Å². The van der Waals surface area contributed by atoms with Crippen LogP contribution >= 0.6 is 0 Å². The van der Waals surface area contributed by atoms with E-state index >= 15 is 0 Å². The Morgan fingerprint density at radius 1 is 1.50 bits per heavy atom. The van der Waals surface area contributed by atoms with Gasteiger partial charge in [0, 0.05) is 24.7 Å². The Hall–Kier alpha value is -1.79. The molecule has 0 aliphatic heterocycles. The smallest absolute Gasteiger partial charge is 0.253 e. The van der Waals surface area contributed by atoms with Crippen molar-refractivity contribution in [1.29, 1.82) is 0 Å². The molecule has 0 radical (unpaired) electrons. The van der Waals surface area contributed by atoms with Crippen molar-refractivity contribution in [3.63, 3.8) is 0 Å². The number of nitrogens with zero attached hydrogens (tertiary/aromatic N) is 1. The summed E-state index contributed by atoms with van der Waals surface area (Å²) in [5, 5.41) is 0. The third-order valence-corrected chi connectivity index (χ3v) is 3.93. The molecule has 2 atom stereocenters. The highest BCUT2D eigenvalue weighted by molar-refractivity contribution is 5.94. The molecule has 1 aromatic carbocycles. The van der Waals surface area contributed by atoms with Crippen LogP contribution in [0, 0.1) is 30.6 Å². The van der Waals surface area contributed by atoms with Gasteiger partial charge < -0.3 is 10.6 Å². The quantitative estimate of drug-likeness (QED) is 0.854. The summed E-state index contributed by atoms with van der Waals surface area (Å²) in [7, 11) is 1.88. The predicted octanol–water partition coefficient (Wildman–Crippen LogP) is 2.03. The fourth-order valence-electron chi connectivity index (χ4n) is 2.39. The molecule has 2 unspecified atom stereocenters. The lowest BCUT2D eigenvalue weighted by molar-refractivity contribution is 0.0787. The molecule has 1 aromatic rings. The lowest BCUT2D eigenvalue weighted by atomic mass is 10.0. The van der Waals surface area contributed by atoms with Crippen molar-refractivity contribution in [3.05, 3.63) is 34.9 Å². The zero-order chi connectivity index (χ0) is 14.7. The Labute approximate surface area is 121 Å². The van der Waals surface area contributed by atoms with Gasteiger partial charge in [0.05, 0.1) is 6.54 Å². The maximum absolute atomic E-state index is 12.4. The standard InChI is InChI=1S/C17H22N2O/c1-12-9-15(7-6-14(12)5-4-8-18)17(20)19(3)11-16-10-13(16)2/h6-7,9,13,16H,8,10-11,18H2,1-3H3. The minimum atomic E-state index is 0.0885.